The smallest absolute Gasteiger partial charge is 0.184 e. The van der Waals surface area contributed by atoms with Gasteiger partial charge in [0.05, 0.1) is 17.3 Å². The summed E-state index contributed by atoms with van der Waals surface area (Å²) in [6.07, 6.45) is 3.76. The number of imidazole rings is 1. The fraction of sp³-hybridized carbons (Fsp3) is 0.158. The van der Waals surface area contributed by atoms with Crippen LogP contribution in [0.3, 0.4) is 0 Å². The van der Waals surface area contributed by atoms with Gasteiger partial charge in [-0.05, 0) is 29.8 Å². The summed E-state index contributed by atoms with van der Waals surface area (Å²) in [4.78, 5) is 9.23. The highest BCUT2D eigenvalue weighted by atomic mass is 32.1. The molecule has 4 rings (SSSR count). The lowest BCUT2D eigenvalue weighted by molar-refractivity contribution is 0.414. The molecule has 0 bridgehead atoms. The number of benzene rings is 2. The van der Waals surface area contributed by atoms with Gasteiger partial charge in [0.25, 0.3) is 0 Å². The minimum absolute atomic E-state index is 0.0912. The minimum Gasteiger partial charge on any atom is -0.497 e. The molecule has 0 radical (unpaired) electrons. The van der Waals surface area contributed by atoms with Crippen molar-refractivity contribution < 1.29 is 4.74 Å². The van der Waals surface area contributed by atoms with Gasteiger partial charge in [0.1, 0.15) is 17.6 Å². The average molecular weight is 350 g/mol. The summed E-state index contributed by atoms with van der Waals surface area (Å²) >= 11 is 1.65. The van der Waals surface area contributed by atoms with Crippen LogP contribution in [0.2, 0.25) is 0 Å². The Morgan fingerprint density at radius 2 is 1.92 bits per heavy atom. The molecule has 126 valence electrons. The summed E-state index contributed by atoms with van der Waals surface area (Å²) in [5.74, 6) is 1.77. The van der Waals surface area contributed by atoms with E-state index in [0.717, 1.165) is 27.8 Å². The Bertz CT molecular complexity index is 957. The molecule has 25 heavy (non-hydrogen) atoms. The minimum atomic E-state index is -0.0912. The Hall–Kier alpha value is -2.86. The first-order valence-corrected chi connectivity index (χ1v) is 8.79. The van der Waals surface area contributed by atoms with Gasteiger partial charge in [-0.1, -0.05) is 35.6 Å². The van der Waals surface area contributed by atoms with Gasteiger partial charge in [-0.2, -0.15) is 0 Å². The van der Waals surface area contributed by atoms with Crippen molar-refractivity contribution >= 4 is 26.7 Å². The second-order valence-corrected chi connectivity index (χ2v) is 6.76. The molecule has 6 heteroatoms. The maximum Gasteiger partial charge on any atom is 0.184 e. The molecule has 0 aliphatic rings. The maximum absolute atomic E-state index is 5.27. The molecular formula is C19H18N4OS. The third kappa shape index (κ3) is 3.08. The Morgan fingerprint density at radius 1 is 1.12 bits per heavy atom. The number of anilines is 1. The lowest BCUT2D eigenvalue weighted by atomic mass is 10.1. The summed E-state index contributed by atoms with van der Waals surface area (Å²) in [6.45, 7) is 0. The number of nitrogens with zero attached hydrogens (tertiary/aromatic N) is 3. The number of thiazole rings is 1. The number of hydrogen-bond acceptors (Lipinski definition) is 5. The molecule has 1 N–H and O–H groups in total. The van der Waals surface area contributed by atoms with Crippen LogP contribution in [0.1, 0.15) is 17.4 Å². The topological polar surface area (TPSA) is 52.0 Å². The maximum atomic E-state index is 5.27. The van der Waals surface area contributed by atoms with Crippen LogP contribution in [-0.2, 0) is 7.05 Å². The third-order valence-corrected chi connectivity index (χ3v) is 5.10. The highest BCUT2D eigenvalue weighted by Gasteiger charge is 2.20. The zero-order valence-corrected chi connectivity index (χ0v) is 14.8. The number of hydrogen-bond donors (Lipinski definition) is 1. The SMILES string of the molecule is COc1ccc(C(Nc2nc3ccccc3s2)c2nccn2C)cc1. The van der Waals surface area contributed by atoms with Gasteiger partial charge in [-0.3, -0.25) is 0 Å². The number of fused-ring (bicyclic) bond motifs is 1. The molecule has 2 aromatic heterocycles. The number of methoxy groups -OCH3 is 1. The first kappa shape index (κ1) is 15.7. The molecule has 0 saturated heterocycles. The average Bonchev–Trinajstić information content (AvgIpc) is 3.25. The van der Waals surface area contributed by atoms with E-state index < -0.39 is 0 Å². The Labute approximate surface area is 149 Å². The molecule has 4 aromatic rings. The third-order valence-electron chi connectivity index (χ3n) is 4.13. The normalized spacial score (nSPS) is 12.2. The predicted octanol–water partition coefficient (Wildman–Crippen LogP) is 4.24. The number of aromatic nitrogens is 3. The van der Waals surface area contributed by atoms with Crippen LogP contribution < -0.4 is 10.1 Å². The summed E-state index contributed by atoms with van der Waals surface area (Å²) in [5, 5.41) is 4.43. The van der Waals surface area contributed by atoms with Crippen LogP contribution in [0.15, 0.2) is 60.9 Å². The van der Waals surface area contributed by atoms with E-state index in [9.17, 15) is 0 Å². The lowest BCUT2D eigenvalue weighted by Gasteiger charge is -2.19. The monoisotopic (exact) mass is 350 g/mol. The first-order valence-electron chi connectivity index (χ1n) is 7.98. The van der Waals surface area contributed by atoms with Crippen molar-refractivity contribution in [3.8, 4) is 5.75 Å². The van der Waals surface area contributed by atoms with Crippen molar-refractivity contribution in [1.82, 2.24) is 14.5 Å². The number of ether oxygens (including phenoxy) is 1. The number of para-hydroxylation sites is 1. The fourth-order valence-corrected chi connectivity index (χ4v) is 3.70. The van der Waals surface area contributed by atoms with Gasteiger partial charge < -0.3 is 14.6 Å². The molecule has 0 aliphatic heterocycles. The summed E-state index contributed by atoms with van der Waals surface area (Å²) < 4.78 is 8.46. The van der Waals surface area contributed by atoms with Gasteiger partial charge in [-0.25, -0.2) is 9.97 Å². The van der Waals surface area contributed by atoms with Crippen molar-refractivity contribution in [2.45, 2.75) is 6.04 Å². The molecule has 0 amide bonds. The Morgan fingerprint density at radius 3 is 2.60 bits per heavy atom. The zero-order chi connectivity index (χ0) is 17.2. The van der Waals surface area contributed by atoms with Crippen molar-refractivity contribution in [3.05, 3.63) is 72.3 Å². The fourth-order valence-electron chi connectivity index (χ4n) is 2.81. The van der Waals surface area contributed by atoms with Gasteiger partial charge in [-0.15, -0.1) is 0 Å². The van der Waals surface area contributed by atoms with E-state index in [2.05, 4.69) is 28.5 Å². The van der Waals surface area contributed by atoms with E-state index in [0.29, 0.717) is 0 Å². The second kappa shape index (κ2) is 6.57. The second-order valence-electron chi connectivity index (χ2n) is 5.73. The van der Waals surface area contributed by atoms with Crippen molar-refractivity contribution in [2.75, 3.05) is 12.4 Å². The molecule has 0 saturated carbocycles. The molecule has 0 spiro atoms. The van der Waals surface area contributed by atoms with Crippen molar-refractivity contribution in [3.63, 3.8) is 0 Å². The predicted molar refractivity (Wildman–Crippen MR) is 101 cm³/mol. The number of nitrogens with one attached hydrogen (secondary N) is 1. The summed E-state index contributed by atoms with van der Waals surface area (Å²) in [7, 11) is 3.67. The summed E-state index contributed by atoms with van der Waals surface area (Å²) in [5.41, 5.74) is 2.11. The van der Waals surface area contributed by atoms with Crippen molar-refractivity contribution in [2.24, 2.45) is 7.05 Å². The van der Waals surface area contributed by atoms with Crippen LogP contribution in [0.5, 0.6) is 5.75 Å². The molecule has 0 fully saturated rings. The molecule has 1 unspecified atom stereocenters. The lowest BCUT2D eigenvalue weighted by Crippen LogP contribution is -2.16. The van der Waals surface area contributed by atoms with Crippen LogP contribution in [0.4, 0.5) is 5.13 Å². The van der Waals surface area contributed by atoms with Gasteiger partial charge >= 0.3 is 0 Å². The zero-order valence-electron chi connectivity index (χ0n) is 14.0. The van der Waals surface area contributed by atoms with Crippen LogP contribution >= 0.6 is 11.3 Å². The first-order chi connectivity index (χ1) is 12.2. The van der Waals surface area contributed by atoms with Crippen LogP contribution in [-0.4, -0.2) is 21.6 Å². The van der Waals surface area contributed by atoms with E-state index in [1.54, 1.807) is 18.4 Å². The quantitative estimate of drug-likeness (QED) is 0.585. The van der Waals surface area contributed by atoms with E-state index in [4.69, 9.17) is 9.72 Å². The number of aryl methyl sites for hydroxylation is 1. The van der Waals surface area contributed by atoms with E-state index in [-0.39, 0.29) is 6.04 Å². The van der Waals surface area contributed by atoms with E-state index in [1.807, 2.05) is 54.3 Å². The molecular weight excluding hydrogens is 332 g/mol. The molecule has 2 aromatic carbocycles. The molecule has 1 atom stereocenters. The van der Waals surface area contributed by atoms with Crippen LogP contribution in [0, 0.1) is 0 Å². The number of rotatable bonds is 5. The molecule has 2 heterocycles. The van der Waals surface area contributed by atoms with E-state index in [1.165, 1.54) is 4.70 Å². The van der Waals surface area contributed by atoms with Gasteiger partial charge in [0, 0.05) is 19.4 Å². The van der Waals surface area contributed by atoms with Crippen LogP contribution in [0.25, 0.3) is 10.2 Å². The van der Waals surface area contributed by atoms with Crippen molar-refractivity contribution in [1.29, 1.82) is 0 Å². The molecule has 0 aliphatic carbocycles. The highest BCUT2D eigenvalue weighted by molar-refractivity contribution is 7.22. The van der Waals surface area contributed by atoms with Gasteiger partial charge in [0.15, 0.2) is 5.13 Å². The molecule has 5 nitrogen and oxygen atoms in total. The standard InChI is InChI=1S/C19H18N4OS/c1-23-12-11-20-18(23)17(13-7-9-14(24-2)10-8-13)22-19-21-15-5-3-4-6-16(15)25-19/h3-12,17H,1-2H3,(H,21,22). The largest absolute Gasteiger partial charge is 0.497 e. The highest BCUT2D eigenvalue weighted by Crippen LogP contribution is 2.31. The Balaban J connectivity index is 1.73. The Kier molecular flexibility index (Phi) is 4.11. The summed E-state index contributed by atoms with van der Waals surface area (Å²) in [6, 6.07) is 16.1. The van der Waals surface area contributed by atoms with Gasteiger partial charge in [0.2, 0.25) is 0 Å². The van der Waals surface area contributed by atoms with E-state index >= 15 is 0 Å².